The van der Waals surface area contributed by atoms with Gasteiger partial charge < -0.3 is 10.3 Å². The summed E-state index contributed by atoms with van der Waals surface area (Å²) in [6, 6.07) is 2.89. The number of rotatable bonds is 4. The van der Waals surface area contributed by atoms with Crippen LogP contribution in [0.4, 0.5) is 5.82 Å². The largest absolute Gasteiger partial charge is 0.325 e. The Kier molecular flexibility index (Phi) is 3.60. The zero-order valence-corrected chi connectivity index (χ0v) is 10.2. The molecule has 2 rings (SSSR count). The second kappa shape index (κ2) is 5.34. The van der Waals surface area contributed by atoms with Gasteiger partial charge in [0.2, 0.25) is 5.91 Å². The molecular weight excluding hydrogens is 250 g/mol. The Hall–Kier alpha value is -2.64. The van der Waals surface area contributed by atoms with Gasteiger partial charge in [0.25, 0.3) is 5.56 Å². The molecule has 8 heteroatoms. The summed E-state index contributed by atoms with van der Waals surface area (Å²) < 4.78 is 0. The van der Waals surface area contributed by atoms with Gasteiger partial charge in [0.15, 0.2) is 5.82 Å². The van der Waals surface area contributed by atoms with Crippen molar-refractivity contribution in [2.75, 3.05) is 5.32 Å². The van der Waals surface area contributed by atoms with Crippen molar-refractivity contribution in [3.63, 3.8) is 0 Å². The smallest absolute Gasteiger partial charge is 0.311 e. The monoisotopic (exact) mass is 263 g/mol. The maximum absolute atomic E-state index is 11.7. The van der Waals surface area contributed by atoms with Gasteiger partial charge in [-0.25, -0.2) is 4.79 Å². The molecule has 0 radical (unpaired) electrons. The molecule has 0 aliphatic heterocycles. The average Bonchev–Trinajstić information content (AvgIpc) is 2.74. The Balaban J connectivity index is 2.04. The molecule has 2 aromatic rings. The molecule has 1 amide bonds. The number of carbonyl (C=O) groups is 1. The molecule has 0 saturated heterocycles. The number of nitrogens with one attached hydrogen (secondary N) is 4. The predicted molar refractivity (Wildman–Crippen MR) is 68.0 cm³/mol. The summed E-state index contributed by atoms with van der Waals surface area (Å²) in [7, 11) is 0. The van der Waals surface area contributed by atoms with Gasteiger partial charge in [-0.3, -0.25) is 19.7 Å². The SMILES string of the molecule is CCc1cc(NC(=O)Cc2cc(=O)[nH]c(=O)[nH]2)n[nH]1. The van der Waals surface area contributed by atoms with Crippen molar-refractivity contribution >= 4 is 11.7 Å². The lowest BCUT2D eigenvalue weighted by atomic mass is 10.3. The molecule has 0 aliphatic rings. The standard InChI is InChI=1S/C11H13N5O3/c1-2-6-3-8(16-15-6)13-9(17)4-7-5-10(18)14-11(19)12-7/h3,5H,2,4H2,1H3,(H2,12,14,18,19)(H2,13,15,16,17). The van der Waals surface area contributed by atoms with Crippen LogP contribution < -0.4 is 16.6 Å². The minimum absolute atomic E-state index is 0.104. The lowest BCUT2D eigenvalue weighted by Crippen LogP contribution is -2.25. The Bertz CT molecular complexity index is 668. The molecule has 4 N–H and O–H groups in total. The highest BCUT2D eigenvalue weighted by molar-refractivity contribution is 5.91. The molecule has 100 valence electrons. The number of nitrogens with zero attached hydrogens (tertiary/aromatic N) is 1. The van der Waals surface area contributed by atoms with Crippen molar-refractivity contribution in [2.24, 2.45) is 0 Å². The highest BCUT2D eigenvalue weighted by Crippen LogP contribution is 2.06. The average molecular weight is 263 g/mol. The number of aromatic amines is 3. The molecule has 0 aliphatic carbocycles. The lowest BCUT2D eigenvalue weighted by Gasteiger charge is -2.01. The number of aryl methyl sites for hydroxylation is 1. The molecule has 8 nitrogen and oxygen atoms in total. The Morgan fingerprint density at radius 2 is 2.05 bits per heavy atom. The van der Waals surface area contributed by atoms with Gasteiger partial charge in [0.1, 0.15) is 0 Å². The van der Waals surface area contributed by atoms with Crippen LogP contribution in [0.2, 0.25) is 0 Å². The van der Waals surface area contributed by atoms with Crippen LogP contribution in [0.5, 0.6) is 0 Å². The van der Waals surface area contributed by atoms with Crippen molar-refractivity contribution in [1.29, 1.82) is 0 Å². The number of hydrogen-bond donors (Lipinski definition) is 4. The highest BCUT2D eigenvalue weighted by Gasteiger charge is 2.08. The maximum atomic E-state index is 11.7. The fourth-order valence-electron chi connectivity index (χ4n) is 1.58. The number of carbonyl (C=O) groups excluding carboxylic acids is 1. The van der Waals surface area contributed by atoms with E-state index in [1.54, 1.807) is 6.07 Å². The van der Waals surface area contributed by atoms with Crippen molar-refractivity contribution < 1.29 is 4.79 Å². The zero-order chi connectivity index (χ0) is 13.8. The first kappa shape index (κ1) is 12.8. The second-order valence-electron chi connectivity index (χ2n) is 3.97. The van der Waals surface area contributed by atoms with Crippen molar-refractivity contribution in [2.45, 2.75) is 19.8 Å². The number of amides is 1. The molecular formula is C11H13N5O3. The molecule has 0 saturated carbocycles. The predicted octanol–water partition coefficient (Wildman–Crippen LogP) is -0.470. The molecule has 2 heterocycles. The topological polar surface area (TPSA) is 124 Å². The summed E-state index contributed by atoms with van der Waals surface area (Å²) >= 11 is 0. The lowest BCUT2D eigenvalue weighted by molar-refractivity contribution is -0.115. The van der Waals surface area contributed by atoms with Crippen LogP contribution in [0, 0.1) is 0 Å². The Labute approximate surface area is 107 Å². The Morgan fingerprint density at radius 3 is 2.68 bits per heavy atom. The van der Waals surface area contributed by atoms with Crippen LogP contribution in [-0.2, 0) is 17.6 Å². The van der Waals surface area contributed by atoms with Gasteiger partial charge in [-0.15, -0.1) is 0 Å². The van der Waals surface area contributed by atoms with Gasteiger partial charge in [-0.1, -0.05) is 6.92 Å². The first-order valence-electron chi connectivity index (χ1n) is 5.73. The van der Waals surface area contributed by atoms with Crippen LogP contribution in [-0.4, -0.2) is 26.1 Å². The fourth-order valence-corrected chi connectivity index (χ4v) is 1.58. The van der Waals surface area contributed by atoms with Gasteiger partial charge in [-0.05, 0) is 6.42 Å². The fraction of sp³-hybridized carbons (Fsp3) is 0.273. The van der Waals surface area contributed by atoms with Gasteiger partial charge >= 0.3 is 5.69 Å². The van der Waals surface area contributed by atoms with Crippen molar-refractivity contribution in [3.8, 4) is 0 Å². The summed E-state index contributed by atoms with van der Waals surface area (Å²) in [5, 5.41) is 9.24. The third-order valence-corrected chi connectivity index (χ3v) is 2.45. The molecule has 19 heavy (non-hydrogen) atoms. The van der Waals surface area contributed by atoms with E-state index in [0.717, 1.165) is 12.1 Å². The second-order valence-corrected chi connectivity index (χ2v) is 3.97. The number of anilines is 1. The van der Waals surface area contributed by atoms with Gasteiger partial charge in [-0.2, -0.15) is 5.10 Å². The summed E-state index contributed by atoms with van der Waals surface area (Å²) in [5.74, 6) is 0.0458. The minimum Gasteiger partial charge on any atom is -0.311 e. The van der Waals surface area contributed by atoms with E-state index in [0.29, 0.717) is 5.82 Å². The Morgan fingerprint density at radius 1 is 1.26 bits per heavy atom. The van der Waals surface area contributed by atoms with E-state index in [4.69, 9.17) is 0 Å². The molecule has 0 unspecified atom stereocenters. The van der Waals surface area contributed by atoms with Crippen LogP contribution >= 0.6 is 0 Å². The first-order chi connectivity index (χ1) is 9.06. The van der Waals surface area contributed by atoms with Crippen LogP contribution in [0.25, 0.3) is 0 Å². The quantitative estimate of drug-likeness (QED) is 0.595. The highest BCUT2D eigenvalue weighted by atomic mass is 16.2. The van der Waals surface area contributed by atoms with E-state index in [1.807, 2.05) is 11.9 Å². The normalized spacial score (nSPS) is 10.4. The van der Waals surface area contributed by atoms with E-state index in [9.17, 15) is 14.4 Å². The summed E-state index contributed by atoms with van der Waals surface area (Å²) in [6.45, 7) is 1.96. The summed E-state index contributed by atoms with van der Waals surface area (Å²) in [5.41, 5.74) is -0.0275. The van der Waals surface area contributed by atoms with E-state index < -0.39 is 11.2 Å². The number of H-pyrrole nitrogens is 3. The van der Waals surface area contributed by atoms with Gasteiger partial charge in [0, 0.05) is 23.5 Å². The number of aromatic nitrogens is 4. The van der Waals surface area contributed by atoms with E-state index in [2.05, 4.69) is 20.5 Å². The van der Waals surface area contributed by atoms with E-state index in [1.165, 1.54) is 6.07 Å². The van der Waals surface area contributed by atoms with E-state index >= 15 is 0 Å². The van der Waals surface area contributed by atoms with Crippen LogP contribution in [0.1, 0.15) is 18.3 Å². The van der Waals surface area contributed by atoms with Crippen molar-refractivity contribution in [3.05, 3.63) is 44.4 Å². The van der Waals surface area contributed by atoms with Crippen LogP contribution in [0.15, 0.2) is 21.7 Å². The number of hydrogen-bond acceptors (Lipinski definition) is 4. The van der Waals surface area contributed by atoms with Crippen LogP contribution in [0.3, 0.4) is 0 Å². The zero-order valence-electron chi connectivity index (χ0n) is 10.2. The molecule has 0 fully saturated rings. The molecule has 0 spiro atoms. The van der Waals surface area contributed by atoms with Crippen molar-refractivity contribution in [1.82, 2.24) is 20.2 Å². The summed E-state index contributed by atoms with van der Waals surface area (Å²) in [4.78, 5) is 38.2. The van der Waals surface area contributed by atoms with Gasteiger partial charge in [0.05, 0.1) is 6.42 Å². The maximum Gasteiger partial charge on any atom is 0.325 e. The molecule has 0 bridgehead atoms. The minimum atomic E-state index is -0.636. The molecule has 0 atom stereocenters. The van der Waals surface area contributed by atoms with E-state index in [-0.39, 0.29) is 18.0 Å². The summed E-state index contributed by atoms with van der Waals surface area (Å²) in [6.07, 6.45) is 0.678. The third-order valence-electron chi connectivity index (χ3n) is 2.45. The third kappa shape index (κ3) is 3.41. The molecule has 2 aromatic heterocycles. The molecule has 0 aromatic carbocycles. The first-order valence-corrected chi connectivity index (χ1v) is 5.73.